The molecule has 1 aromatic rings. The molecule has 1 rings (SSSR count). The molecule has 3 nitrogen and oxygen atoms in total. The first-order valence-corrected chi connectivity index (χ1v) is 3.33. The van der Waals surface area contributed by atoms with Crippen molar-refractivity contribution in [2.75, 3.05) is 0 Å². The zero-order valence-corrected chi connectivity index (χ0v) is 6.84. The summed E-state index contributed by atoms with van der Waals surface area (Å²) < 4.78 is 5.96. The third kappa shape index (κ3) is 2.09. The predicted molar refractivity (Wildman–Crippen MR) is 40.0 cm³/mol. The van der Waals surface area contributed by atoms with Gasteiger partial charge < -0.3 is 4.52 Å². The highest BCUT2D eigenvalue weighted by Gasteiger charge is 1.94. The highest BCUT2D eigenvalue weighted by atomic mass is 16.5. The average molecular weight is 143 g/mol. The van der Waals surface area contributed by atoms with Crippen LogP contribution in [0.25, 0.3) is 0 Å². The quantitative estimate of drug-likeness (QED) is 0.549. The van der Waals surface area contributed by atoms with Crippen molar-refractivity contribution in [2.24, 2.45) is 7.05 Å². The van der Waals surface area contributed by atoms with Crippen molar-refractivity contribution in [3.63, 3.8) is 0 Å². The normalized spacial score (nSPS) is 8.40. The summed E-state index contributed by atoms with van der Waals surface area (Å²) in [5.41, 5.74) is 0.389. The molecule has 0 unspecified atom stereocenters. The van der Waals surface area contributed by atoms with Crippen LogP contribution in [0.2, 0.25) is 0 Å². The van der Waals surface area contributed by atoms with Crippen LogP contribution in [0.1, 0.15) is 19.4 Å². The molecule has 0 aromatic carbocycles. The van der Waals surface area contributed by atoms with E-state index in [4.69, 9.17) is 0 Å². The summed E-state index contributed by atoms with van der Waals surface area (Å²) in [6, 6.07) is 0. The van der Waals surface area contributed by atoms with Gasteiger partial charge in [0.1, 0.15) is 0 Å². The molecule has 0 spiro atoms. The van der Waals surface area contributed by atoms with Gasteiger partial charge >= 0.3 is 5.63 Å². The van der Waals surface area contributed by atoms with Gasteiger partial charge in [-0.1, -0.05) is 13.8 Å². The summed E-state index contributed by atoms with van der Waals surface area (Å²) in [6.45, 7) is 5.71. The molecule has 10 heavy (non-hydrogen) atoms. The van der Waals surface area contributed by atoms with Gasteiger partial charge in [0, 0.05) is 13.2 Å². The van der Waals surface area contributed by atoms with Crippen molar-refractivity contribution in [3.05, 3.63) is 22.2 Å². The second kappa shape index (κ2) is 3.93. The Morgan fingerprint density at radius 1 is 1.50 bits per heavy atom. The fourth-order valence-corrected chi connectivity index (χ4v) is 0.555. The molecule has 0 aliphatic carbocycles. The SMILES string of the molecule is CC.Cc1cn(C)oc1=O. The van der Waals surface area contributed by atoms with E-state index >= 15 is 0 Å². The highest BCUT2D eigenvalue weighted by Crippen LogP contribution is 1.84. The fraction of sp³-hybridized carbons (Fsp3) is 0.571. The van der Waals surface area contributed by atoms with Crippen LogP contribution >= 0.6 is 0 Å². The number of hydrogen-bond acceptors (Lipinski definition) is 2. The molecule has 0 aliphatic heterocycles. The minimum absolute atomic E-state index is 0.257. The van der Waals surface area contributed by atoms with E-state index in [2.05, 4.69) is 4.52 Å². The van der Waals surface area contributed by atoms with E-state index in [-0.39, 0.29) is 5.63 Å². The molecule has 0 saturated heterocycles. The molecular weight excluding hydrogens is 130 g/mol. The van der Waals surface area contributed by atoms with Crippen LogP contribution < -0.4 is 5.63 Å². The number of nitrogens with zero attached hydrogens (tertiary/aromatic N) is 1. The second-order valence-corrected chi connectivity index (χ2v) is 1.74. The molecule has 3 heteroatoms. The molecule has 0 amide bonds. The zero-order valence-electron chi connectivity index (χ0n) is 6.84. The monoisotopic (exact) mass is 143 g/mol. The standard InChI is InChI=1S/C5H7NO2.C2H6/c1-4-3-6(2)8-5(4)7;1-2/h3H,1-2H3;1-2H3. The minimum atomic E-state index is -0.257. The Bertz CT molecular complexity index is 234. The van der Waals surface area contributed by atoms with Crippen molar-refractivity contribution in [1.82, 2.24) is 4.74 Å². The van der Waals surface area contributed by atoms with E-state index in [0.717, 1.165) is 0 Å². The number of aromatic nitrogens is 1. The third-order valence-electron chi connectivity index (χ3n) is 0.924. The number of hydrogen-bond donors (Lipinski definition) is 0. The van der Waals surface area contributed by atoms with E-state index in [1.165, 1.54) is 4.74 Å². The summed E-state index contributed by atoms with van der Waals surface area (Å²) >= 11 is 0. The van der Waals surface area contributed by atoms with E-state index in [9.17, 15) is 4.79 Å². The van der Waals surface area contributed by atoms with Gasteiger partial charge in [-0.3, -0.25) is 0 Å². The van der Waals surface area contributed by atoms with Gasteiger partial charge in [0.05, 0.1) is 5.56 Å². The van der Waals surface area contributed by atoms with Crippen molar-refractivity contribution in [2.45, 2.75) is 20.8 Å². The van der Waals surface area contributed by atoms with Gasteiger partial charge in [0.25, 0.3) is 0 Å². The molecule has 0 saturated carbocycles. The lowest BCUT2D eigenvalue weighted by Crippen LogP contribution is -1.94. The van der Waals surface area contributed by atoms with Crippen molar-refractivity contribution >= 4 is 0 Å². The maximum atomic E-state index is 10.5. The van der Waals surface area contributed by atoms with Crippen LogP contribution in [0.5, 0.6) is 0 Å². The summed E-state index contributed by atoms with van der Waals surface area (Å²) in [4.78, 5) is 10.5. The summed E-state index contributed by atoms with van der Waals surface area (Å²) in [5, 5.41) is 0. The maximum Gasteiger partial charge on any atom is 0.360 e. The lowest BCUT2D eigenvalue weighted by atomic mass is 10.4. The molecule has 0 bridgehead atoms. The average Bonchev–Trinajstić information content (AvgIpc) is 2.16. The van der Waals surface area contributed by atoms with Crippen LogP contribution in [0.4, 0.5) is 0 Å². The van der Waals surface area contributed by atoms with Gasteiger partial charge in [-0.15, -0.1) is 0 Å². The van der Waals surface area contributed by atoms with Gasteiger partial charge in [-0.2, -0.15) is 0 Å². The fourth-order valence-electron chi connectivity index (χ4n) is 0.555. The van der Waals surface area contributed by atoms with Crippen LogP contribution in [-0.2, 0) is 7.05 Å². The van der Waals surface area contributed by atoms with Gasteiger partial charge in [0.2, 0.25) is 0 Å². The van der Waals surface area contributed by atoms with Crippen molar-refractivity contribution in [1.29, 1.82) is 0 Å². The molecule has 0 N–H and O–H groups in total. The zero-order chi connectivity index (χ0) is 8.15. The first-order chi connectivity index (χ1) is 4.70. The number of rotatable bonds is 0. The van der Waals surface area contributed by atoms with E-state index in [0.29, 0.717) is 5.56 Å². The molecule has 58 valence electrons. The second-order valence-electron chi connectivity index (χ2n) is 1.74. The molecule has 0 fully saturated rings. The molecule has 1 aromatic heterocycles. The topological polar surface area (TPSA) is 35.1 Å². The van der Waals surface area contributed by atoms with Gasteiger partial charge in [0.15, 0.2) is 0 Å². The Balaban J connectivity index is 0.000000371. The third-order valence-corrected chi connectivity index (χ3v) is 0.924. The molecule has 1 heterocycles. The van der Waals surface area contributed by atoms with Crippen LogP contribution in [0, 0.1) is 6.92 Å². The maximum absolute atomic E-state index is 10.5. The minimum Gasteiger partial charge on any atom is -0.337 e. The van der Waals surface area contributed by atoms with Gasteiger partial charge in [-0.25, -0.2) is 9.53 Å². The van der Waals surface area contributed by atoms with Gasteiger partial charge in [-0.05, 0) is 6.92 Å². The Labute approximate surface area is 60.2 Å². The molecule has 0 aliphatic rings. The van der Waals surface area contributed by atoms with E-state index in [1.54, 1.807) is 20.2 Å². The Morgan fingerprint density at radius 3 is 2.10 bits per heavy atom. The first kappa shape index (κ1) is 9.01. The lowest BCUT2D eigenvalue weighted by molar-refractivity contribution is 0.285. The van der Waals surface area contributed by atoms with Crippen molar-refractivity contribution in [3.8, 4) is 0 Å². The van der Waals surface area contributed by atoms with Crippen molar-refractivity contribution < 1.29 is 4.52 Å². The van der Waals surface area contributed by atoms with E-state index < -0.39 is 0 Å². The Kier molecular flexibility index (Phi) is 3.54. The summed E-state index contributed by atoms with van der Waals surface area (Å²) in [5.74, 6) is 0. The molecule has 0 atom stereocenters. The largest absolute Gasteiger partial charge is 0.360 e. The first-order valence-electron chi connectivity index (χ1n) is 3.33. The highest BCUT2D eigenvalue weighted by molar-refractivity contribution is 4.96. The van der Waals surface area contributed by atoms with Crippen LogP contribution in [0.3, 0.4) is 0 Å². The molecular formula is C7H13NO2. The smallest absolute Gasteiger partial charge is 0.337 e. The predicted octanol–water partition coefficient (Wildman–Crippen LogP) is 1.31. The Hall–Kier alpha value is -0.990. The summed E-state index contributed by atoms with van der Waals surface area (Å²) in [7, 11) is 1.68. The van der Waals surface area contributed by atoms with Crippen LogP contribution in [0.15, 0.2) is 15.5 Å². The van der Waals surface area contributed by atoms with E-state index in [1.807, 2.05) is 13.8 Å². The molecule has 0 radical (unpaired) electrons. The number of aryl methyl sites for hydroxylation is 2. The van der Waals surface area contributed by atoms with Crippen LogP contribution in [-0.4, -0.2) is 4.74 Å². The Morgan fingerprint density at radius 2 is 2.00 bits per heavy atom. The lowest BCUT2D eigenvalue weighted by Gasteiger charge is -1.77. The summed E-state index contributed by atoms with van der Waals surface area (Å²) in [6.07, 6.45) is 1.64.